The molecule has 0 spiro atoms. The third-order valence-electron chi connectivity index (χ3n) is 1.58. The second-order valence-electron chi connectivity index (χ2n) is 2.43. The maximum Gasteiger partial charge on any atom is 0.337 e. The number of benzene rings is 1. The van der Waals surface area contributed by atoms with Crippen molar-refractivity contribution in [2.75, 3.05) is 0 Å². The van der Waals surface area contributed by atoms with Crippen LogP contribution in [-0.4, -0.2) is 11.1 Å². The number of aromatic carboxylic acids is 1. The van der Waals surface area contributed by atoms with Gasteiger partial charge >= 0.3 is 5.97 Å². The number of rotatable bonds is 2. The first-order chi connectivity index (χ1) is 6.45. The van der Waals surface area contributed by atoms with Crippen molar-refractivity contribution < 1.29 is 18.7 Å². The molecular weight excluding hydrogens is 237 g/mol. The van der Waals surface area contributed by atoms with E-state index in [0.29, 0.717) is 0 Å². The van der Waals surface area contributed by atoms with E-state index < -0.39 is 23.0 Å². The largest absolute Gasteiger partial charge is 0.478 e. The molecule has 6 heteroatoms. The van der Waals surface area contributed by atoms with Gasteiger partial charge in [0, 0.05) is 0 Å². The maximum atomic E-state index is 12.4. The molecule has 0 aliphatic carbocycles. The molecule has 0 fully saturated rings. The summed E-state index contributed by atoms with van der Waals surface area (Å²) in [4.78, 5) is 10.5. The molecule has 0 unspecified atom stereocenters. The van der Waals surface area contributed by atoms with Crippen molar-refractivity contribution in [3.05, 3.63) is 33.3 Å². The monoisotopic (exact) mass is 240 g/mol. The van der Waals surface area contributed by atoms with Crippen LogP contribution in [0.2, 0.25) is 10.0 Å². The van der Waals surface area contributed by atoms with Crippen LogP contribution in [0.3, 0.4) is 0 Å². The number of alkyl halides is 2. The zero-order valence-corrected chi connectivity index (χ0v) is 8.11. The first-order valence-corrected chi connectivity index (χ1v) is 4.20. The van der Waals surface area contributed by atoms with Gasteiger partial charge in [-0.15, -0.1) is 0 Å². The highest BCUT2D eigenvalue weighted by molar-refractivity contribution is 6.37. The summed E-state index contributed by atoms with van der Waals surface area (Å²) in [6.07, 6.45) is -2.89. The Balaban J connectivity index is 3.41. The van der Waals surface area contributed by atoms with Crippen LogP contribution in [0.1, 0.15) is 22.3 Å². The lowest BCUT2D eigenvalue weighted by atomic mass is 10.1. The highest BCUT2D eigenvalue weighted by atomic mass is 35.5. The Labute approximate surface area is 88.1 Å². The summed E-state index contributed by atoms with van der Waals surface area (Å²) >= 11 is 10.9. The van der Waals surface area contributed by atoms with E-state index in [2.05, 4.69) is 0 Å². The Morgan fingerprint density at radius 1 is 1.36 bits per heavy atom. The van der Waals surface area contributed by atoms with Crippen LogP contribution in [0.25, 0.3) is 0 Å². The van der Waals surface area contributed by atoms with E-state index in [1.807, 2.05) is 0 Å². The van der Waals surface area contributed by atoms with Crippen molar-refractivity contribution in [3.8, 4) is 0 Å². The van der Waals surface area contributed by atoms with Gasteiger partial charge in [0.25, 0.3) is 6.43 Å². The molecule has 0 aliphatic rings. The van der Waals surface area contributed by atoms with E-state index in [9.17, 15) is 13.6 Å². The molecule has 0 aromatic heterocycles. The third kappa shape index (κ3) is 1.96. The number of hydrogen-bond acceptors (Lipinski definition) is 1. The van der Waals surface area contributed by atoms with Gasteiger partial charge in [-0.3, -0.25) is 0 Å². The molecule has 0 saturated carbocycles. The van der Waals surface area contributed by atoms with E-state index in [-0.39, 0.29) is 10.6 Å². The van der Waals surface area contributed by atoms with Crippen LogP contribution in [0.15, 0.2) is 12.1 Å². The molecule has 0 saturated heterocycles. The second kappa shape index (κ2) is 4.11. The summed E-state index contributed by atoms with van der Waals surface area (Å²) in [6, 6.07) is 2.16. The zero-order chi connectivity index (χ0) is 10.9. The van der Waals surface area contributed by atoms with Gasteiger partial charge in [0.15, 0.2) is 0 Å². The van der Waals surface area contributed by atoms with E-state index in [4.69, 9.17) is 28.3 Å². The Morgan fingerprint density at radius 3 is 2.36 bits per heavy atom. The molecule has 0 radical (unpaired) electrons. The molecule has 1 aromatic carbocycles. The Hall–Kier alpha value is -0.870. The van der Waals surface area contributed by atoms with Crippen molar-refractivity contribution in [2.24, 2.45) is 0 Å². The number of hydrogen-bond donors (Lipinski definition) is 1. The molecule has 0 bridgehead atoms. The fraction of sp³-hybridized carbons (Fsp3) is 0.125. The van der Waals surface area contributed by atoms with Gasteiger partial charge in [0.2, 0.25) is 0 Å². The first kappa shape index (κ1) is 11.2. The van der Waals surface area contributed by atoms with Crippen molar-refractivity contribution in [2.45, 2.75) is 6.43 Å². The van der Waals surface area contributed by atoms with Crippen molar-refractivity contribution in [1.29, 1.82) is 0 Å². The van der Waals surface area contributed by atoms with Gasteiger partial charge in [-0.1, -0.05) is 23.2 Å². The Morgan fingerprint density at radius 2 is 1.93 bits per heavy atom. The first-order valence-electron chi connectivity index (χ1n) is 3.44. The average Bonchev–Trinajstić information content (AvgIpc) is 2.02. The van der Waals surface area contributed by atoms with Gasteiger partial charge in [-0.2, -0.15) is 0 Å². The predicted molar refractivity (Wildman–Crippen MR) is 48.4 cm³/mol. The summed E-state index contributed by atoms with van der Waals surface area (Å²) in [7, 11) is 0. The quantitative estimate of drug-likeness (QED) is 0.858. The number of carboxylic acids is 1. The molecule has 14 heavy (non-hydrogen) atoms. The predicted octanol–water partition coefficient (Wildman–Crippen LogP) is 3.63. The van der Waals surface area contributed by atoms with Crippen LogP contribution >= 0.6 is 23.2 Å². The highest BCUT2D eigenvalue weighted by Gasteiger charge is 2.21. The van der Waals surface area contributed by atoms with Crippen LogP contribution in [0, 0.1) is 0 Å². The van der Waals surface area contributed by atoms with E-state index in [0.717, 1.165) is 12.1 Å². The summed E-state index contributed by atoms with van der Waals surface area (Å²) in [5, 5.41) is 7.84. The van der Waals surface area contributed by atoms with Gasteiger partial charge in [-0.25, -0.2) is 13.6 Å². The highest BCUT2D eigenvalue weighted by Crippen LogP contribution is 2.35. The Bertz CT molecular complexity index is 380. The van der Waals surface area contributed by atoms with Crippen LogP contribution in [0.5, 0.6) is 0 Å². The number of carbonyl (C=O) groups is 1. The third-order valence-corrected chi connectivity index (χ3v) is 2.31. The summed E-state index contributed by atoms with van der Waals surface area (Å²) in [6.45, 7) is 0. The molecular formula is C8H4Cl2F2O2. The summed E-state index contributed by atoms with van der Waals surface area (Å²) in [5.41, 5.74) is -1.03. The minimum absolute atomic E-state index is 0.241. The van der Waals surface area contributed by atoms with E-state index in [1.165, 1.54) is 0 Å². The van der Waals surface area contributed by atoms with E-state index >= 15 is 0 Å². The van der Waals surface area contributed by atoms with Gasteiger partial charge < -0.3 is 5.11 Å². The standard InChI is InChI=1S/C8H4Cl2F2O2/c9-4-2-1-3(8(13)14)6(10)5(4)7(11)12/h1-2,7H,(H,13,14). The second-order valence-corrected chi connectivity index (χ2v) is 3.21. The van der Waals surface area contributed by atoms with Crippen molar-refractivity contribution in [3.63, 3.8) is 0 Å². The smallest absolute Gasteiger partial charge is 0.337 e. The number of halogens is 4. The molecule has 0 heterocycles. The zero-order valence-electron chi connectivity index (χ0n) is 6.60. The fourth-order valence-corrected chi connectivity index (χ4v) is 1.55. The molecule has 0 aliphatic heterocycles. The van der Waals surface area contributed by atoms with Crippen LogP contribution in [-0.2, 0) is 0 Å². The summed E-state index contributed by atoms with van der Waals surface area (Å²) in [5.74, 6) is -1.37. The van der Waals surface area contributed by atoms with Crippen LogP contribution in [0.4, 0.5) is 8.78 Å². The molecule has 0 atom stereocenters. The Kier molecular flexibility index (Phi) is 3.29. The average molecular weight is 241 g/mol. The molecule has 1 N–H and O–H groups in total. The topological polar surface area (TPSA) is 37.3 Å². The minimum Gasteiger partial charge on any atom is -0.478 e. The lowest BCUT2D eigenvalue weighted by Crippen LogP contribution is -2.00. The molecule has 76 valence electrons. The molecule has 1 rings (SSSR count). The maximum absolute atomic E-state index is 12.4. The molecule has 2 nitrogen and oxygen atoms in total. The van der Waals surface area contributed by atoms with Gasteiger partial charge in [-0.05, 0) is 12.1 Å². The minimum atomic E-state index is -2.89. The lowest BCUT2D eigenvalue weighted by molar-refractivity contribution is 0.0696. The molecule has 1 aromatic rings. The normalized spacial score (nSPS) is 10.6. The summed E-state index contributed by atoms with van der Waals surface area (Å²) < 4.78 is 24.7. The van der Waals surface area contributed by atoms with E-state index in [1.54, 1.807) is 0 Å². The lowest BCUT2D eigenvalue weighted by Gasteiger charge is -2.07. The van der Waals surface area contributed by atoms with Crippen molar-refractivity contribution in [1.82, 2.24) is 0 Å². The van der Waals surface area contributed by atoms with Gasteiger partial charge in [0.05, 0.1) is 21.2 Å². The SMILES string of the molecule is O=C(O)c1ccc(Cl)c(C(F)F)c1Cl. The number of carboxylic acid groups (broad SMARTS) is 1. The van der Waals surface area contributed by atoms with Crippen LogP contribution < -0.4 is 0 Å². The molecule has 0 amide bonds. The van der Waals surface area contributed by atoms with Gasteiger partial charge in [0.1, 0.15) is 0 Å². The fourth-order valence-electron chi connectivity index (χ4n) is 0.935. The van der Waals surface area contributed by atoms with Crippen molar-refractivity contribution >= 4 is 29.2 Å².